The van der Waals surface area contributed by atoms with E-state index in [0.29, 0.717) is 18.1 Å². The number of hydrazine groups is 1. The summed E-state index contributed by atoms with van der Waals surface area (Å²) < 4.78 is 23.7. The van der Waals surface area contributed by atoms with Crippen LogP contribution in [0.5, 0.6) is 0 Å². The third-order valence-corrected chi connectivity index (χ3v) is 5.77. The Morgan fingerprint density at radius 2 is 2.42 bits per heavy atom. The lowest BCUT2D eigenvalue weighted by Crippen LogP contribution is -2.46. The fraction of sp³-hybridized carbons (Fsp3) is 0.545. The number of anilines is 1. The Morgan fingerprint density at radius 1 is 1.63 bits per heavy atom. The van der Waals surface area contributed by atoms with Gasteiger partial charge in [0.05, 0.1) is 0 Å². The van der Waals surface area contributed by atoms with Crippen LogP contribution in [0, 0.1) is 0 Å². The van der Waals surface area contributed by atoms with Crippen LogP contribution in [0.1, 0.15) is 5.56 Å². The van der Waals surface area contributed by atoms with Crippen molar-refractivity contribution in [2.45, 2.75) is 11.9 Å². The number of rotatable bonds is 4. The van der Waals surface area contributed by atoms with Crippen molar-refractivity contribution < 1.29 is 8.42 Å². The van der Waals surface area contributed by atoms with Gasteiger partial charge in [-0.15, -0.1) is 0 Å². The summed E-state index contributed by atoms with van der Waals surface area (Å²) in [5, 5.41) is -0.433. The van der Waals surface area contributed by atoms with Gasteiger partial charge in [0.2, 0.25) is 0 Å². The molecule has 1 unspecified atom stereocenters. The average molecular weight is 302 g/mol. The zero-order valence-corrected chi connectivity index (χ0v) is 12.4. The van der Waals surface area contributed by atoms with Gasteiger partial charge in [0.25, 0.3) is 0 Å². The van der Waals surface area contributed by atoms with Gasteiger partial charge < -0.3 is 5.43 Å². The summed E-state index contributed by atoms with van der Waals surface area (Å²) in [7, 11) is -3.08. The Morgan fingerprint density at radius 3 is 3.11 bits per heavy atom. The summed E-state index contributed by atoms with van der Waals surface area (Å²) in [6, 6.07) is 3.73. The molecule has 106 valence electrons. The molecule has 1 atom stereocenters. The van der Waals surface area contributed by atoms with Crippen molar-refractivity contribution in [2.75, 3.05) is 29.7 Å². The SMILES string of the molecule is CS(=O)(=O)C1CSCCN1Cc1cccnc1NN. The number of hydrogen-bond acceptors (Lipinski definition) is 7. The molecule has 0 radical (unpaired) electrons. The number of sulfone groups is 1. The van der Waals surface area contributed by atoms with Gasteiger partial charge in [-0.1, -0.05) is 6.07 Å². The number of nitrogens with two attached hydrogens (primary N) is 1. The van der Waals surface area contributed by atoms with Gasteiger partial charge in [0.1, 0.15) is 11.2 Å². The highest BCUT2D eigenvalue weighted by Crippen LogP contribution is 2.23. The number of nitrogens with one attached hydrogen (secondary N) is 1. The summed E-state index contributed by atoms with van der Waals surface area (Å²) in [4.78, 5) is 6.11. The van der Waals surface area contributed by atoms with E-state index in [9.17, 15) is 8.42 Å². The molecule has 0 aromatic carbocycles. The third-order valence-electron chi connectivity index (χ3n) is 3.09. The average Bonchev–Trinajstić information content (AvgIpc) is 2.39. The molecule has 0 bridgehead atoms. The van der Waals surface area contributed by atoms with Gasteiger partial charge in [0, 0.05) is 42.6 Å². The Bertz CT molecular complexity index is 535. The molecule has 1 fully saturated rings. The summed E-state index contributed by atoms with van der Waals surface area (Å²) >= 11 is 1.68. The second kappa shape index (κ2) is 6.08. The van der Waals surface area contributed by atoms with Crippen LogP contribution >= 0.6 is 11.8 Å². The van der Waals surface area contributed by atoms with Gasteiger partial charge in [0.15, 0.2) is 9.84 Å². The van der Waals surface area contributed by atoms with E-state index in [1.807, 2.05) is 17.0 Å². The molecule has 2 rings (SSSR count). The molecular formula is C11H18N4O2S2. The lowest BCUT2D eigenvalue weighted by atomic mass is 10.2. The molecule has 0 aliphatic carbocycles. The van der Waals surface area contributed by atoms with E-state index in [1.165, 1.54) is 6.26 Å². The summed E-state index contributed by atoms with van der Waals surface area (Å²) in [5.74, 6) is 7.57. The van der Waals surface area contributed by atoms with Crippen molar-refractivity contribution in [3.8, 4) is 0 Å². The predicted octanol–water partition coefficient (Wildman–Crippen LogP) is 0.287. The molecule has 3 N–H and O–H groups in total. The minimum absolute atomic E-state index is 0.433. The fourth-order valence-corrected chi connectivity index (χ4v) is 5.05. The smallest absolute Gasteiger partial charge is 0.164 e. The van der Waals surface area contributed by atoms with E-state index < -0.39 is 15.2 Å². The minimum atomic E-state index is -3.08. The molecule has 0 spiro atoms. The van der Waals surface area contributed by atoms with Crippen LogP contribution in [0.15, 0.2) is 18.3 Å². The molecule has 1 aromatic heterocycles. The highest BCUT2D eigenvalue weighted by atomic mass is 32.2. The molecule has 2 heterocycles. The van der Waals surface area contributed by atoms with Crippen molar-refractivity contribution in [3.63, 3.8) is 0 Å². The molecule has 6 nitrogen and oxygen atoms in total. The van der Waals surface area contributed by atoms with Gasteiger partial charge in [-0.05, 0) is 6.07 Å². The van der Waals surface area contributed by atoms with E-state index in [4.69, 9.17) is 5.84 Å². The fourth-order valence-electron chi connectivity index (χ4n) is 2.11. The summed E-state index contributed by atoms with van der Waals surface area (Å²) in [5.41, 5.74) is 3.45. The number of aromatic nitrogens is 1. The van der Waals surface area contributed by atoms with Crippen LogP contribution < -0.4 is 11.3 Å². The van der Waals surface area contributed by atoms with E-state index in [-0.39, 0.29) is 0 Å². The number of nitrogen functional groups attached to an aromatic ring is 1. The monoisotopic (exact) mass is 302 g/mol. The Labute approximate surface area is 117 Å². The lowest BCUT2D eigenvalue weighted by Gasteiger charge is -2.34. The molecule has 8 heteroatoms. The summed E-state index contributed by atoms with van der Waals surface area (Å²) in [6.07, 6.45) is 2.95. The van der Waals surface area contributed by atoms with Crippen LogP contribution in [-0.2, 0) is 16.4 Å². The molecule has 1 aliphatic heterocycles. The van der Waals surface area contributed by atoms with Gasteiger partial charge in [-0.2, -0.15) is 11.8 Å². The zero-order chi connectivity index (χ0) is 13.9. The summed E-state index contributed by atoms with van der Waals surface area (Å²) in [6.45, 7) is 1.28. The molecule has 1 saturated heterocycles. The lowest BCUT2D eigenvalue weighted by molar-refractivity contribution is 0.262. The minimum Gasteiger partial charge on any atom is -0.308 e. The number of thioether (sulfide) groups is 1. The Balaban J connectivity index is 2.20. The highest BCUT2D eigenvalue weighted by molar-refractivity contribution is 8.00. The first-order chi connectivity index (χ1) is 9.02. The van der Waals surface area contributed by atoms with E-state index in [1.54, 1.807) is 18.0 Å². The second-order valence-electron chi connectivity index (χ2n) is 4.49. The maximum absolute atomic E-state index is 11.8. The standard InChI is InChI=1S/C11H18N4O2S2/c1-19(16,17)10-8-18-6-5-15(10)7-9-3-2-4-13-11(9)14-12/h2-4,10H,5-8,12H2,1H3,(H,13,14). The van der Waals surface area contributed by atoms with Crippen molar-refractivity contribution in [1.29, 1.82) is 0 Å². The van der Waals surface area contributed by atoms with Crippen LogP contribution in [-0.4, -0.2) is 48.0 Å². The number of nitrogens with zero attached hydrogens (tertiary/aromatic N) is 2. The normalized spacial score (nSPS) is 21.3. The van der Waals surface area contributed by atoms with Crippen LogP contribution in [0.3, 0.4) is 0 Å². The van der Waals surface area contributed by atoms with Crippen LogP contribution in [0.2, 0.25) is 0 Å². The van der Waals surface area contributed by atoms with E-state index in [0.717, 1.165) is 17.9 Å². The zero-order valence-electron chi connectivity index (χ0n) is 10.7. The third kappa shape index (κ3) is 3.59. The molecule has 0 saturated carbocycles. The largest absolute Gasteiger partial charge is 0.308 e. The second-order valence-corrected chi connectivity index (χ2v) is 7.84. The number of hydrogen-bond donors (Lipinski definition) is 2. The first-order valence-corrected chi connectivity index (χ1v) is 9.04. The first-order valence-electron chi connectivity index (χ1n) is 5.93. The van der Waals surface area contributed by atoms with Crippen molar-refractivity contribution in [1.82, 2.24) is 9.88 Å². The van der Waals surface area contributed by atoms with E-state index >= 15 is 0 Å². The van der Waals surface area contributed by atoms with Crippen molar-refractivity contribution >= 4 is 27.4 Å². The molecular weight excluding hydrogens is 284 g/mol. The maximum Gasteiger partial charge on any atom is 0.164 e. The van der Waals surface area contributed by atoms with Gasteiger partial charge in [-0.25, -0.2) is 19.2 Å². The highest BCUT2D eigenvalue weighted by Gasteiger charge is 2.31. The Hall–Kier alpha value is -0.830. The quantitative estimate of drug-likeness (QED) is 0.610. The van der Waals surface area contributed by atoms with Gasteiger partial charge in [-0.3, -0.25) is 4.90 Å². The van der Waals surface area contributed by atoms with Crippen LogP contribution in [0.25, 0.3) is 0 Å². The predicted molar refractivity (Wildman–Crippen MR) is 78.4 cm³/mol. The van der Waals surface area contributed by atoms with Gasteiger partial charge >= 0.3 is 0 Å². The topological polar surface area (TPSA) is 88.3 Å². The number of pyridine rings is 1. The van der Waals surface area contributed by atoms with Crippen molar-refractivity contribution in [3.05, 3.63) is 23.9 Å². The molecule has 19 heavy (non-hydrogen) atoms. The van der Waals surface area contributed by atoms with Crippen molar-refractivity contribution in [2.24, 2.45) is 5.84 Å². The van der Waals surface area contributed by atoms with Crippen LogP contribution in [0.4, 0.5) is 5.82 Å². The van der Waals surface area contributed by atoms with E-state index in [2.05, 4.69) is 10.4 Å². The molecule has 0 amide bonds. The molecule has 1 aromatic rings. The Kier molecular flexibility index (Phi) is 4.67. The molecule has 1 aliphatic rings. The first kappa shape index (κ1) is 14.6. The maximum atomic E-state index is 11.8.